The number of nitro groups is 1. The number of nitrogens with two attached hydrogens (primary N) is 1. The van der Waals surface area contributed by atoms with Crippen molar-refractivity contribution in [2.75, 3.05) is 18.8 Å². The number of imide groups is 1. The topological polar surface area (TPSA) is 180 Å². The maximum Gasteiger partial charge on any atom is 0.419 e. The van der Waals surface area contributed by atoms with E-state index in [9.17, 15) is 28.1 Å². The molecule has 0 spiro atoms. The third-order valence-electron chi connectivity index (χ3n) is 7.99. The van der Waals surface area contributed by atoms with Crippen LogP contribution in [0.2, 0.25) is 18.1 Å². The molecular weight excluding hydrogens is 665 g/mol. The number of carbonyl (C=O) groups excluding carboxylic acids is 2. The number of rotatable bonds is 11. The lowest BCUT2D eigenvalue weighted by Gasteiger charge is -2.45. The summed E-state index contributed by atoms with van der Waals surface area (Å²) >= 11 is 1.34. The fourth-order valence-corrected chi connectivity index (χ4v) is 8.46. The summed E-state index contributed by atoms with van der Waals surface area (Å²) in [5, 5.41) is 19.7. The van der Waals surface area contributed by atoms with Gasteiger partial charge in [0.1, 0.15) is 12.2 Å². The molecule has 2 aromatic rings. The number of ether oxygens (including phenoxy) is 2. The molecule has 0 unspecified atom stereocenters. The Labute approximate surface area is 282 Å². The van der Waals surface area contributed by atoms with Gasteiger partial charge in [-0.25, -0.2) is 28.0 Å². The van der Waals surface area contributed by atoms with Crippen molar-refractivity contribution < 1.29 is 36.8 Å². The van der Waals surface area contributed by atoms with Gasteiger partial charge in [0.25, 0.3) is 5.69 Å². The molecule has 260 valence electrons. The number of sulfonamides is 1. The van der Waals surface area contributed by atoms with Crippen LogP contribution in [0.5, 0.6) is 0 Å². The minimum Gasteiger partial charge on any atom is -0.444 e. The minimum atomic E-state index is -3.92. The molecule has 1 heterocycles. The van der Waals surface area contributed by atoms with E-state index in [4.69, 9.17) is 19.0 Å². The van der Waals surface area contributed by atoms with Crippen molar-refractivity contribution >= 4 is 48.0 Å². The van der Waals surface area contributed by atoms with Crippen LogP contribution < -0.4 is 10.5 Å². The van der Waals surface area contributed by atoms with Gasteiger partial charge in [-0.2, -0.15) is 0 Å². The quantitative estimate of drug-likeness (QED) is 0.120. The first kappa shape index (κ1) is 38.4. The van der Waals surface area contributed by atoms with E-state index in [1.54, 1.807) is 39.0 Å². The molecule has 2 aromatic carbocycles. The van der Waals surface area contributed by atoms with Gasteiger partial charge in [-0.1, -0.05) is 32.9 Å². The standard InChI is InChI=1S/C31H46N4O9S2Si/c1-29(2,3)43-28(37)34(27(36)42-18-22-13-15-24(16-14-22)35(38)39)21-31(44-47(7,8)30(4,5)6)17-23(33-20-31)19-45-25-11-9-10-12-26(25)46(32,40)41/h9-16,23,33H,17-21H2,1-8H3,(H2,32,40,41)/t23-,31+/m0/s1. The van der Waals surface area contributed by atoms with Gasteiger partial charge in [0.2, 0.25) is 10.0 Å². The number of nitrogens with zero attached hydrogens (tertiary/aromatic N) is 2. The van der Waals surface area contributed by atoms with Gasteiger partial charge in [-0.15, -0.1) is 11.8 Å². The summed E-state index contributed by atoms with van der Waals surface area (Å²) in [4.78, 5) is 39.1. The van der Waals surface area contributed by atoms with Crippen LogP contribution in [0, 0.1) is 10.1 Å². The molecule has 0 radical (unpaired) electrons. The smallest absolute Gasteiger partial charge is 0.419 e. The molecule has 1 aliphatic heterocycles. The number of carbonyl (C=O) groups is 2. The Morgan fingerprint density at radius 1 is 1.09 bits per heavy atom. The zero-order valence-electron chi connectivity index (χ0n) is 28.2. The number of hydrogen-bond acceptors (Lipinski definition) is 11. The molecule has 3 N–H and O–H groups in total. The molecule has 2 amide bonds. The summed E-state index contributed by atoms with van der Waals surface area (Å²) in [6, 6.07) is 11.9. The zero-order valence-corrected chi connectivity index (χ0v) is 30.8. The van der Waals surface area contributed by atoms with Crippen LogP contribution in [0.4, 0.5) is 15.3 Å². The first-order valence-electron chi connectivity index (χ1n) is 15.1. The van der Waals surface area contributed by atoms with E-state index in [1.807, 2.05) is 0 Å². The van der Waals surface area contributed by atoms with Crippen molar-refractivity contribution in [1.29, 1.82) is 0 Å². The molecule has 1 fully saturated rings. The molecule has 0 aromatic heterocycles. The number of non-ortho nitro benzene ring substituents is 1. The lowest BCUT2D eigenvalue weighted by Crippen LogP contribution is -2.57. The van der Waals surface area contributed by atoms with Crippen molar-refractivity contribution in [1.82, 2.24) is 10.2 Å². The minimum absolute atomic E-state index is 0.0404. The largest absolute Gasteiger partial charge is 0.444 e. The molecule has 13 nitrogen and oxygen atoms in total. The fourth-order valence-electron chi connectivity index (χ4n) is 4.71. The maximum atomic E-state index is 13.6. The molecule has 16 heteroatoms. The Bertz CT molecular complexity index is 1560. The summed E-state index contributed by atoms with van der Waals surface area (Å²) in [5.41, 5.74) is -1.53. The van der Waals surface area contributed by atoms with Gasteiger partial charge in [0.15, 0.2) is 8.32 Å². The first-order valence-corrected chi connectivity index (χ1v) is 20.5. The Morgan fingerprint density at radius 2 is 1.70 bits per heavy atom. The van der Waals surface area contributed by atoms with Crippen molar-refractivity contribution in [2.45, 2.75) is 99.7 Å². The van der Waals surface area contributed by atoms with Gasteiger partial charge >= 0.3 is 12.2 Å². The van der Waals surface area contributed by atoms with E-state index in [0.717, 1.165) is 4.90 Å². The van der Waals surface area contributed by atoms with Crippen molar-refractivity contribution in [2.24, 2.45) is 5.14 Å². The van der Waals surface area contributed by atoms with E-state index < -0.39 is 46.7 Å². The van der Waals surface area contributed by atoms with Crippen LogP contribution >= 0.6 is 11.8 Å². The summed E-state index contributed by atoms with van der Waals surface area (Å²) in [6.45, 7) is 15.4. The maximum absolute atomic E-state index is 13.6. The van der Waals surface area contributed by atoms with Crippen molar-refractivity contribution in [3.63, 3.8) is 0 Å². The summed E-state index contributed by atoms with van der Waals surface area (Å²) in [5.74, 6) is 0.464. The van der Waals surface area contributed by atoms with E-state index in [-0.39, 0.29) is 34.8 Å². The van der Waals surface area contributed by atoms with Gasteiger partial charge in [-0.3, -0.25) is 10.1 Å². The first-order chi connectivity index (χ1) is 21.5. The Balaban J connectivity index is 1.90. The SMILES string of the molecule is CC(C)(C)OC(=O)N(C[C@]1(O[Si](C)(C)C(C)(C)C)CN[C@H](CSc2ccccc2S(N)(=O)=O)C1)C(=O)OCc1ccc([N+](=O)[O-])cc1. The lowest BCUT2D eigenvalue weighted by atomic mass is 10.0. The second-order valence-corrected chi connectivity index (χ2v) is 21.5. The summed E-state index contributed by atoms with van der Waals surface area (Å²) in [7, 11) is -6.41. The van der Waals surface area contributed by atoms with Crippen LogP contribution in [-0.2, 0) is 30.5 Å². The third kappa shape index (κ3) is 10.7. The number of primary sulfonamides is 1. The predicted octanol–water partition coefficient (Wildman–Crippen LogP) is 6.03. The predicted molar refractivity (Wildman–Crippen MR) is 182 cm³/mol. The molecule has 2 atom stereocenters. The van der Waals surface area contributed by atoms with Crippen LogP contribution in [0.25, 0.3) is 0 Å². The lowest BCUT2D eigenvalue weighted by molar-refractivity contribution is -0.384. The molecule has 0 bridgehead atoms. The zero-order chi connectivity index (χ0) is 35.4. The number of benzene rings is 2. The average molecular weight is 711 g/mol. The van der Waals surface area contributed by atoms with Crippen LogP contribution in [0.15, 0.2) is 58.3 Å². The van der Waals surface area contributed by atoms with E-state index >= 15 is 0 Å². The number of hydrogen-bond donors (Lipinski definition) is 2. The number of amides is 2. The van der Waals surface area contributed by atoms with Crippen molar-refractivity contribution in [3.05, 3.63) is 64.2 Å². The van der Waals surface area contributed by atoms with Crippen molar-refractivity contribution in [3.8, 4) is 0 Å². The Hall–Kier alpha value is -3.02. The highest BCUT2D eigenvalue weighted by molar-refractivity contribution is 8.00. The molecule has 0 aliphatic carbocycles. The highest BCUT2D eigenvalue weighted by Gasteiger charge is 2.51. The highest BCUT2D eigenvalue weighted by Crippen LogP contribution is 2.42. The summed E-state index contributed by atoms with van der Waals surface area (Å²) in [6.07, 6.45) is -1.45. The third-order valence-corrected chi connectivity index (χ3v) is 14.9. The van der Waals surface area contributed by atoms with Gasteiger partial charge in [0, 0.05) is 35.4 Å². The number of nitrogens with one attached hydrogen (secondary N) is 1. The molecule has 1 saturated heterocycles. The highest BCUT2D eigenvalue weighted by atomic mass is 32.2. The van der Waals surface area contributed by atoms with E-state index in [0.29, 0.717) is 29.2 Å². The Kier molecular flexibility index (Phi) is 12.0. The molecule has 0 saturated carbocycles. The average Bonchev–Trinajstić information content (AvgIpc) is 3.33. The van der Waals surface area contributed by atoms with Crippen LogP contribution in [0.1, 0.15) is 53.5 Å². The van der Waals surface area contributed by atoms with Gasteiger partial charge < -0.3 is 19.2 Å². The monoisotopic (exact) mass is 710 g/mol. The molecule has 1 aliphatic rings. The second-order valence-electron chi connectivity index (χ2n) is 14.2. The summed E-state index contributed by atoms with van der Waals surface area (Å²) < 4.78 is 42.5. The number of thioether (sulfide) groups is 1. The van der Waals surface area contributed by atoms with Gasteiger partial charge in [-0.05, 0) is 75.2 Å². The van der Waals surface area contributed by atoms with E-state index in [2.05, 4.69) is 39.2 Å². The molecule has 47 heavy (non-hydrogen) atoms. The van der Waals surface area contributed by atoms with E-state index in [1.165, 1.54) is 42.1 Å². The molecular formula is C31H46N4O9S2Si. The molecule has 3 rings (SSSR count). The number of nitro benzene ring substituents is 1. The van der Waals surface area contributed by atoms with Crippen LogP contribution in [0.3, 0.4) is 0 Å². The van der Waals surface area contributed by atoms with Gasteiger partial charge in [0.05, 0.1) is 22.0 Å². The second kappa shape index (κ2) is 14.6. The van der Waals surface area contributed by atoms with Crippen LogP contribution in [-0.4, -0.2) is 74.8 Å². The fraction of sp³-hybridized carbons (Fsp3) is 0.548. The normalized spacial score (nSPS) is 18.9. The Morgan fingerprint density at radius 3 is 2.26 bits per heavy atom.